The second-order valence-electron chi connectivity index (χ2n) is 2.56. The van der Waals surface area contributed by atoms with Crippen LogP contribution >= 0.6 is 0 Å². The molecule has 0 saturated carbocycles. The molecule has 0 atom stereocenters. The maximum Gasteiger partial charge on any atom is 0.433 e. The van der Waals surface area contributed by atoms with Crippen molar-refractivity contribution in [1.82, 2.24) is 4.98 Å². The third-order valence-electron chi connectivity index (χ3n) is 1.55. The van der Waals surface area contributed by atoms with Gasteiger partial charge in [-0.1, -0.05) is 0 Å². The van der Waals surface area contributed by atoms with Crippen molar-refractivity contribution in [3.8, 4) is 0 Å². The first-order valence-corrected chi connectivity index (χ1v) is 3.51. The number of nitrogens with zero attached hydrogens (tertiary/aromatic N) is 2. The van der Waals surface area contributed by atoms with Gasteiger partial charge in [-0.2, -0.15) is 13.2 Å². The molecule has 1 aromatic heterocycles. The van der Waals surface area contributed by atoms with Crippen molar-refractivity contribution in [2.24, 2.45) is 0 Å². The first kappa shape index (κ1) is 10.4. The van der Waals surface area contributed by atoms with E-state index < -0.39 is 22.5 Å². The average molecular weight is 206 g/mol. The number of hydrogen-bond acceptors (Lipinski definition) is 3. The predicted molar refractivity (Wildman–Crippen MR) is 40.6 cm³/mol. The molecule has 14 heavy (non-hydrogen) atoms. The van der Waals surface area contributed by atoms with E-state index >= 15 is 0 Å². The SMILES string of the molecule is Cc1nc(C(F)(F)F)ccc1[N+](=O)[O-]. The van der Waals surface area contributed by atoms with E-state index in [9.17, 15) is 23.3 Å². The highest BCUT2D eigenvalue weighted by atomic mass is 19.4. The van der Waals surface area contributed by atoms with Crippen LogP contribution in [0.3, 0.4) is 0 Å². The van der Waals surface area contributed by atoms with Crippen LogP contribution in [0.5, 0.6) is 0 Å². The smallest absolute Gasteiger partial charge is 0.258 e. The fraction of sp³-hybridized carbons (Fsp3) is 0.286. The van der Waals surface area contributed by atoms with Crippen LogP contribution in [-0.4, -0.2) is 9.91 Å². The Morgan fingerprint density at radius 3 is 2.36 bits per heavy atom. The molecule has 7 heteroatoms. The van der Waals surface area contributed by atoms with Gasteiger partial charge in [-0.25, -0.2) is 4.98 Å². The molecule has 1 rings (SSSR count). The number of aromatic nitrogens is 1. The Bertz CT molecular complexity index is 376. The van der Waals surface area contributed by atoms with E-state index in [1.54, 1.807) is 0 Å². The number of hydrogen-bond donors (Lipinski definition) is 0. The minimum absolute atomic E-state index is 0.246. The van der Waals surface area contributed by atoms with Crippen molar-refractivity contribution in [3.63, 3.8) is 0 Å². The molecule has 1 heterocycles. The first-order chi connectivity index (χ1) is 6.32. The fourth-order valence-electron chi connectivity index (χ4n) is 0.905. The molecule has 0 aliphatic carbocycles. The van der Waals surface area contributed by atoms with Crippen LogP contribution in [0.2, 0.25) is 0 Å². The lowest BCUT2D eigenvalue weighted by Gasteiger charge is -2.05. The van der Waals surface area contributed by atoms with E-state index in [-0.39, 0.29) is 5.69 Å². The van der Waals surface area contributed by atoms with E-state index in [0.717, 1.165) is 13.0 Å². The second-order valence-corrected chi connectivity index (χ2v) is 2.56. The van der Waals surface area contributed by atoms with Crippen molar-refractivity contribution < 1.29 is 18.1 Å². The lowest BCUT2D eigenvalue weighted by atomic mass is 10.2. The molecule has 0 aliphatic heterocycles. The zero-order chi connectivity index (χ0) is 10.9. The highest BCUT2D eigenvalue weighted by Gasteiger charge is 2.33. The summed E-state index contributed by atoms with van der Waals surface area (Å²) in [5, 5.41) is 10.3. The monoisotopic (exact) mass is 206 g/mol. The first-order valence-electron chi connectivity index (χ1n) is 3.51. The van der Waals surface area contributed by atoms with Crippen molar-refractivity contribution in [2.45, 2.75) is 13.1 Å². The zero-order valence-corrected chi connectivity index (χ0v) is 7.00. The number of aryl methyl sites for hydroxylation is 1. The van der Waals surface area contributed by atoms with Gasteiger partial charge in [-0.15, -0.1) is 0 Å². The average Bonchev–Trinajstić information content (AvgIpc) is 2.01. The van der Waals surface area contributed by atoms with Gasteiger partial charge in [0.05, 0.1) is 4.92 Å². The van der Waals surface area contributed by atoms with Crippen LogP contribution in [-0.2, 0) is 6.18 Å². The summed E-state index contributed by atoms with van der Waals surface area (Å²) in [7, 11) is 0. The van der Waals surface area contributed by atoms with Gasteiger partial charge in [-0.05, 0) is 13.0 Å². The number of rotatable bonds is 1. The van der Waals surface area contributed by atoms with Gasteiger partial charge in [0.25, 0.3) is 5.69 Å². The van der Waals surface area contributed by atoms with Crippen molar-refractivity contribution in [2.75, 3.05) is 0 Å². The molecular formula is C7H5F3N2O2. The summed E-state index contributed by atoms with van der Waals surface area (Å²) in [5.41, 5.74) is -1.79. The van der Waals surface area contributed by atoms with Gasteiger partial charge in [-0.3, -0.25) is 10.1 Å². The minimum Gasteiger partial charge on any atom is -0.258 e. The Morgan fingerprint density at radius 1 is 1.43 bits per heavy atom. The zero-order valence-electron chi connectivity index (χ0n) is 7.00. The van der Waals surface area contributed by atoms with Gasteiger partial charge in [0.2, 0.25) is 0 Å². The van der Waals surface area contributed by atoms with Gasteiger partial charge in [0, 0.05) is 6.07 Å². The van der Waals surface area contributed by atoms with E-state index in [4.69, 9.17) is 0 Å². The van der Waals surface area contributed by atoms with Crippen molar-refractivity contribution in [3.05, 3.63) is 33.6 Å². The van der Waals surface area contributed by atoms with Crippen LogP contribution in [0.25, 0.3) is 0 Å². The predicted octanol–water partition coefficient (Wildman–Crippen LogP) is 2.32. The lowest BCUT2D eigenvalue weighted by molar-refractivity contribution is -0.385. The topological polar surface area (TPSA) is 56.0 Å². The number of pyridine rings is 1. The van der Waals surface area contributed by atoms with E-state index in [1.165, 1.54) is 0 Å². The number of nitro groups is 1. The van der Waals surface area contributed by atoms with Crippen LogP contribution in [0, 0.1) is 17.0 Å². The van der Waals surface area contributed by atoms with Crippen LogP contribution in [0.1, 0.15) is 11.4 Å². The Kier molecular flexibility index (Phi) is 2.41. The number of halogens is 3. The summed E-state index contributed by atoms with van der Waals surface area (Å²) >= 11 is 0. The largest absolute Gasteiger partial charge is 0.433 e. The van der Waals surface area contributed by atoms with Crippen LogP contribution in [0.4, 0.5) is 18.9 Å². The number of alkyl halides is 3. The van der Waals surface area contributed by atoms with Gasteiger partial charge >= 0.3 is 6.18 Å². The molecular weight excluding hydrogens is 201 g/mol. The Morgan fingerprint density at radius 2 is 2.00 bits per heavy atom. The summed E-state index contributed by atoms with van der Waals surface area (Å²) in [4.78, 5) is 12.6. The van der Waals surface area contributed by atoms with Crippen molar-refractivity contribution in [1.29, 1.82) is 0 Å². The third kappa shape index (κ3) is 1.98. The molecule has 0 fully saturated rings. The van der Waals surface area contributed by atoms with Gasteiger partial charge in [0.15, 0.2) is 0 Å². The Labute approximate surface area is 76.5 Å². The Hall–Kier alpha value is -1.66. The Balaban J connectivity index is 3.20. The minimum atomic E-state index is -4.57. The molecule has 76 valence electrons. The normalized spacial score (nSPS) is 11.4. The molecule has 0 aliphatic rings. The second kappa shape index (κ2) is 3.24. The molecule has 0 radical (unpaired) electrons. The van der Waals surface area contributed by atoms with Crippen molar-refractivity contribution >= 4 is 5.69 Å². The lowest BCUT2D eigenvalue weighted by Crippen LogP contribution is -2.09. The highest BCUT2D eigenvalue weighted by Crippen LogP contribution is 2.29. The molecule has 0 unspecified atom stereocenters. The van der Waals surface area contributed by atoms with Crippen LogP contribution in [0.15, 0.2) is 12.1 Å². The molecule has 4 nitrogen and oxygen atoms in total. The van der Waals surface area contributed by atoms with Gasteiger partial charge < -0.3 is 0 Å². The summed E-state index contributed by atoms with van der Waals surface area (Å²) in [5.74, 6) is 0. The molecule has 0 N–H and O–H groups in total. The fourth-order valence-corrected chi connectivity index (χ4v) is 0.905. The summed E-state index contributed by atoms with van der Waals surface area (Å²) in [6, 6.07) is 1.39. The molecule has 0 amide bonds. The van der Waals surface area contributed by atoms with E-state index in [1.807, 2.05) is 0 Å². The van der Waals surface area contributed by atoms with Crippen LogP contribution < -0.4 is 0 Å². The van der Waals surface area contributed by atoms with E-state index in [2.05, 4.69) is 4.98 Å². The summed E-state index contributed by atoms with van der Waals surface area (Å²) < 4.78 is 36.2. The quantitative estimate of drug-likeness (QED) is 0.523. The maximum atomic E-state index is 12.1. The molecule has 1 aromatic rings. The molecule has 0 aromatic carbocycles. The van der Waals surface area contributed by atoms with E-state index in [0.29, 0.717) is 6.07 Å². The molecule has 0 spiro atoms. The summed E-state index contributed by atoms with van der Waals surface area (Å²) in [6.45, 7) is 1.16. The molecule has 0 saturated heterocycles. The highest BCUT2D eigenvalue weighted by molar-refractivity contribution is 5.35. The molecule has 0 bridgehead atoms. The summed E-state index contributed by atoms with van der Waals surface area (Å²) in [6.07, 6.45) is -4.57. The third-order valence-corrected chi connectivity index (χ3v) is 1.55. The maximum absolute atomic E-state index is 12.1. The van der Waals surface area contributed by atoms with Gasteiger partial charge in [0.1, 0.15) is 11.4 Å². The standard InChI is InChI=1S/C7H5F3N2O2/c1-4-5(12(13)14)2-3-6(11-4)7(8,9)10/h2-3H,1H3.